The zero-order chi connectivity index (χ0) is 13.0. The van der Waals surface area contributed by atoms with Crippen LogP contribution in [0.15, 0.2) is 24.3 Å². The van der Waals surface area contributed by atoms with Crippen LogP contribution in [0.25, 0.3) is 0 Å². The highest BCUT2D eigenvalue weighted by molar-refractivity contribution is 5.79. The molecule has 0 saturated carbocycles. The molecule has 1 aromatic rings. The summed E-state index contributed by atoms with van der Waals surface area (Å²) < 4.78 is 12.8. The normalized spacial score (nSPS) is 19.2. The van der Waals surface area contributed by atoms with E-state index in [1.807, 2.05) is 11.9 Å². The van der Waals surface area contributed by atoms with Crippen molar-refractivity contribution in [2.45, 2.75) is 25.3 Å². The first kappa shape index (κ1) is 13.0. The lowest BCUT2D eigenvalue weighted by Crippen LogP contribution is -2.41. The van der Waals surface area contributed by atoms with Crippen LogP contribution in [0.4, 0.5) is 4.39 Å². The minimum absolute atomic E-state index is 0.138. The molecule has 1 saturated heterocycles. The van der Waals surface area contributed by atoms with Crippen molar-refractivity contribution in [3.05, 3.63) is 35.6 Å². The van der Waals surface area contributed by atoms with Crippen molar-refractivity contribution < 1.29 is 9.18 Å². The van der Waals surface area contributed by atoms with Crippen LogP contribution in [-0.4, -0.2) is 37.0 Å². The van der Waals surface area contributed by atoms with E-state index in [1.54, 1.807) is 12.1 Å². The van der Waals surface area contributed by atoms with E-state index in [0.29, 0.717) is 12.5 Å². The van der Waals surface area contributed by atoms with Crippen molar-refractivity contribution in [2.75, 3.05) is 20.1 Å². The molecular weight excluding hydrogens is 231 g/mol. The summed E-state index contributed by atoms with van der Waals surface area (Å²) >= 11 is 0. The molecule has 1 aromatic carbocycles. The molecule has 3 nitrogen and oxygen atoms in total. The first-order valence-electron chi connectivity index (χ1n) is 6.39. The van der Waals surface area contributed by atoms with Crippen LogP contribution in [0.1, 0.15) is 18.4 Å². The van der Waals surface area contributed by atoms with Gasteiger partial charge >= 0.3 is 0 Å². The average Bonchev–Trinajstić information content (AvgIpc) is 2.81. The SMILES string of the molecule is CNCC1CCCN1C(=O)Cc1ccc(F)cc1. The van der Waals surface area contributed by atoms with Gasteiger partial charge in [-0.1, -0.05) is 12.1 Å². The Kier molecular flexibility index (Phi) is 4.31. The molecule has 18 heavy (non-hydrogen) atoms. The monoisotopic (exact) mass is 250 g/mol. The van der Waals surface area contributed by atoms with E-state index in [9.17, 15) is 9.18 Å². The second kappa shape index (κ2) is 5.96. The van der Waals surface area contributed by atoms with Crippen molar-refractivity contribution in [1.82, 2.24) is 10.2 Å². The third-order valence-corrected chi connectivity index (χ3v) is 3.41. The van der Waals surface area contributed by atoms with Crippen molar-refractivity contribution in [2.24, 2.45) is 0 Å². The van der Waals surface area contributed by atoms with E-state index >= 15 is 0 Å². The second-order valence-corrected chi connectivity index (χ2v) is 4.74. The van der Waals surface area contributed by atoms with E-state index in [0.717, 1.165) is 31.5 Å². The van der Waals surface area contributed by atoms with Gasteiger partial charge in [0.1, 0.15) is 5.82 Å². The van der Waals surface area contributed by atoms with Crippen LogP contribution in [0, 0.1) is 5.82 Å². The molecule has 0 aliphatic carbocycles. The Morgan fingerprint density at radius 1 is 1.44 bits per heavy atom. The number of amides is 1. The summed E-state index contributed by atoms with van der Waals surface area (Å²) in [6, 6.07) is 6.46. The maximum atomic E-state index is 12.8. The van der Waals surface area contributed by atoms with Gasteiger partial charge in [-0.25, -0.2) is 4.39 Å². The molecular formula is C14H19FN2O. The van der Waals surface area contributed by atoms with Crippen LogP contribution in [0.2, 0.25) is 0 Å². The number of carbonyl (C=O) groups is 1. The standard InChI is InChI=1S/C14H19FN2O/c1-16-10-13-3-2-8-17(13)14(18)9-11-4-6-12(15)7-5-11/h4-7,13,16H,2-3,8-10H2,1H3. The number of carbonyl (C=O) groups excluding carboxylic acids is 1. The molecule has 1 heterocycles. The first-order chi connectivity index (χ1) is 8.70. The Bertz CT molecular complexity index is 405. The smallest absolute Gasteiger partial charge is 0.227 e. The molecule has 2 rings (SSSR count). The summed E-state index contributed by atoms with van der Waals surface area (Å²) in [5, 5.41) is 3.12. The van der Waals surface area contributed by atoms with E-state index in [-0.39, 0.29) is 11.7 Å². The third-order valence-electron chi connectivity index (χ3n) is 3.41. The predicted octanol–water partition coefficient (Wildman–Crippen LogP) is 1.58. The Hall–Kier alpha value is -1.42. The highest BCUT2D eigenvalue weighted by atomic mass is 19.1. The Morgan fingerprint density at radius 3 is 2.83 bits per heavy atom. The number of rotatable bonds is 4. The van der Waals surface area contributed by atoms with Crippen LogP contribution in [0.3, 0.4) is 0 Å². The number of likely N-dealkylation sites (N-methyl/N-ethyl adjacent to an activating group) is 1. The topological polar surface area (TPSA) is 32.3 Å². The van der Waals surface area contributed by atoms with E-state index < -0.39 is 0 Å². The van der Waals surface area contributed by atoms with Crippen molar-refractivity contribution >= 4 is 5.91 Å². The van der Waals surface area contributed by atoms with Gasteiger partial charge in [0.05, 0.1) is 6.42 Å². The minimum Gasteiger partial charge on any atom is -0.338 e. The van der Waals surface area contributed by atoms with Gasteiger partial charge in [-0.3, -0.25) is 4.79 Å². The van der Waals surface area contributed by atoms with Crippen LogP contribution < -0.4 is 5.32 Å². The second-order valence-electron chi connectivity index (χ2n) is 4.74. The molecule has 1 unspecified atom stereocenters. The van der Waals surface area contributed by atoms with Gasteiger partial charge in [0, 0.05) is 19.1 Å². The molecule has 0 spiro atoms. The third kappa shape index (κ3) is 3.07. The fourth-order valence-corrected chi connectivity index (χ4v) is 2.49. The number of likely N-dealkylation sites (tertiary alicyclic amines) is 1. The van der Waals surface area contributed by atoms with Crippen LogP contribution in [-0.2, 0) is 11.2 Å². The van der Waals surface area contributed by atoms with E-state index in [4.69, 9.17) is 0 Å². The zero-order valence-corrected chi connectivity index (χ0v) is 10.7. The van der Waals surface area contributed by atoms with Gasteiger partial charge in [0.15, 0.2) is 0 Å². The first-order valence-corrected chi connectivity index (χ1v) is 6.39. The Balaban J connectivity index is 1.96. The minimum atomic E-state index is -0.263. The zero-order valence-electron chi connectivity index (χ0n) is 10.7. The number of nitrogens with one attached hydrogen (secondary N) is 1. The van der Waals surface area contributed by atoms with Crippen LogP contribution >= 0.6 is 0 Å². The highest BCUT2D eigenvalue weighted by Crippen LogP contribution is 2.18. The largest absolute Gasteiger partial charge is 0.338 e. The summed E-state index contributed by atoms with van der Waals surface area (Å²) in [6.45, 7) is 1.68. The average molecular weight is 250 g/mol. The van der Waals surface area contributed by atoms with Gasteiger partial charge in [0.25, 0.3) is 0 Å². The predicted molar refractivity (Wildman–Crippen MR) is 68.8 cm³/mol. The highest BCUT2D eigenvalue weighted by Gasteiger charge is 2.27. The number of hydrogen-bond acceptors (Lipinski definition) is 2. The maximum Gasteiger partial charge on any atom is 0.227 e. The van der Waals surface area contributed by atoms with Gasteiger partial charge in [-0.2, -0.15) is 0 Å². The molecule has 1 N–H and O–H groups in total. The molecule has 1 aliphatic heterocycles. The summed E-state index contributed by atoms with van der Waals surface area (Å²) in [4.78, 5) is 14.1. The molecule has 0 bridgehead atoms. The number of halogens is 1. The van der Waals surface area contributed by atoms with Crippen molar-refractivity contribution in [1.29, 1.82) is 0 Å². The molecule has 0 radical (unpaired) electrons. The van der Waals surface area contributed by atoms with Crippen molar-refractivity contribution in [3.8, 4) is 0 Å². The van der Waals surface area contributed by atoms with Gasteiger partial charge in [-0.05, 0) is 37.6 Å². The van der Waals surface area contributed by atoms with Gasteiger partial charge < -0.3 is 10.2 Å². The number of hydrogen-bond donors (Lipinski definition) is 1. The van der Waals surface area contributed by atoms with Crippen molar-refractivity contribution in [3.63, 3.8) is 0 Å². The number of nitrogens with zero attached hydrogens (tertiary/aromatic N) is 1. The van der Waals surface area contributed by atoms with E-state index in [2.05, 4.69) is 5.32 Å². The van der Waals surface area contributed by atoms with Gasteiger partial charge in [-0.15, -0.1) is 0 Å². The quantitative estimate of drug-likeness (QED) is 0.880. The molecule has 98 valence electrons. The summed E-state index contributed by atoms with van der Waals surface area (Å²) in [5.41, 5.74) is 0.872. The molecule has 1 amide bonds. The maximum absolute atomic E-state index is 12.8. The summed E-state index contributed by atoms with van der Waals surface area (Å²) in [6.07, 6.45) is 2.50. The Labute approximate surface area is 107 Å². The number of benzene rings is 1. The lowest BCUT2D eigenvalue weighted by atomic mass is 10.1. The van der Waals surface area contributed by atoms with E-state index in [1.165, 1.54) is 12.1 Å². The molecule has 4 heteroatoms. The molecule has 1 fully saturated rings. The molecule has 0 aromatic heterocycles. The lowest BCUT2D eigenvalue weighted by molar-refractivity contribution is -0.131. The molecule has 1 atom stereocenters. The lowest BCUT2D eigenvalue weighted by Gasteiger charge is -2.24. The fraction of sp³-hybridized carbons (Fsp3) is 0.500. The fourth-order valence-electron chi connectivity index (χ4n) is 2.49. The summed E-state index contributed by atoms with van der Waals surface area (Å²) in [7, 11) is 1.90. The Morgan fingerprint density at radius 2 is 2.17 bits per heavy atom. The molecule has 1 aliphatic rings. The van der Waals surface area contributed by atoms with Crippen LogP contribution in [0.5, 0.6) is 0 Å². The van der Waals surface area contributed by atoms with Gasteiger partial charge in [0.2, 0.25) is 5.91 Å². The summed E-state index contributed by atoms with van der Waals surface area (Å²) in [5.74, 6) is -0.125.